The van der Waals surface area contributed by atoms with Gasteiger partial charge in [-0.3, -0.25) is 14.5 Å². The van der Waals surface area contributed by atoms with Crippen molar-refractivity contribution in [1.82, 2.24) is 4.31 Å². The van der Waals surface area contributed by atoms with Gasteiger partial charge in [0.05, 0.1) is 23.4 Å². The van der Waals surface area contributed by atoms with Crippen molar-refractivity contribution in [2.75, 3.05) is 48.4 Å². The molecular weight excluding hydrogens is 456 g/mol. The first-order valence-electron chi connectivity index (χ1n) is 11.5. The van der Waals surface area contributed by atoms with Crippen molar-refractivity contribution >= 4 is 38.9 Å². The number of fused-ring (bicyclic) bond motifs is 3. The number of ether oxygens (including phenoxy) is 1. The zero-order chi connectivity index (χ0) is 24.5. The van der Waals surface area contributed by atoms with Crippen LogP contribution in [0.3, 0.4) is 0 Å². The van der Waals surface area contributed by atoms with E-state index in [1.54, 1.807) is 57.4 Å². The lowest BCUT2D eigenvalue weighted by Crippen LogP contribution is -2.52. The third-order valence-corrected chi connectivity index (χ3v) is 8.42. The van der Waals surface area contributed by atoms with Gasteiger partial charge in [-0.05, 0) is 55.3 Å². The van der Waals surface area contributed by atoms with Crippen molar-refractivity contribution in [2.45, 2.75) is 37.6 Å². The highest BCUT2D eigenvalue weighted by molar-refractivity contribution is 7.89. The smallest absolute Gasteiger partial charge is 0.250 e. The summed E-state index contributed by atoms with van der Waals surface area (Å²) in [5.41, 5.74) is 1.80. The first-order valence-corrected chi connectivity index (χ1v) is 12.9. The lowest BCUT2D eigenvalue weighted by molar-refractivity contribution is -0.122. The van der Waals surface area contributed by atoms with Crippen LogP contribution in [0.5, 0.6) is 5.75 Å². The van der Waals surface area contributed by atoms with E-state index in [-0.39, 0.29) is 29.3 Å². The molecule has 2 heterocycles. The maximum Gasteiger partial charge on any atom is 0.250 e. The van der Waals surface area contributed by atoms with Gasteiger partial charge in [-0.25, -0.2) is 8.42 Å². The molecule has 0 bridgehead atoms. The fraction of sp³-hybridized carbons (Fsp3) is 0.417. The molecule has 1 saturated heterocycles. The first-order chi connectivity index (χ1) is 16.3. The quantitative estimate of drug-likeness (QED) is 0.616. The van der Waals surface area contributed by atoms with Crippen LogP contribution in [0, 0.1) is 0 Å². The Morgan fingerprint density at radius 3 is 2.47 bits per heavy atom. The van der Waals surface area contributed by atoms with Crippen LogP contribution in [0.4, 0.5) is 17.1 Å². The number of benzene rings is 2. The normalized spacial score (nSPS) is 17.5. The fourth-order valence-electron chi connectivity index (χ4n) is 4.63. The molecule has 1 unspecified atom stereocenters. The number of methoxy groups -OCH3 is 1. The largest absolute Gasteiger partial charge is 0.497 e. The van der Waals surface area contributed by atoms with E-state index >= 15 is 0 Å². The van der Waals surface area contributed by atoms with E-state index in [0.29, 0.717) is 36.6 Å². The van der Waals surface area contributed by atoms with Crippen LogP contribution in [-0.4, -0.2) is 63.9 Å². The minimum Gasteiger partial charge on any atom is -0.497 e. The molecule has 0 aliphatic carbocycles. The number of anilines is 3. The van der Waals surface area contributed by atoms with Gasteiger partial charge in [-0.15, -0.1) is 0 Å². The summed E-state index contributed by atoms with van der Waals surface area (Å²) in [5, 5.41) is 2.80. The molecule has 0 aromatic heterocycles. The molecule has 1 fully saturated rings. The van der Waals surface area contributed by atoms with E-state index in [9.17, 15) is 18.0 Å². The summed E-state index contributed by atoms with van der Waals surface area (Å²) >= 11 is 0. The van der Waals surface area contributed by atoms with Gasteiger partial charge in [0.2, 0.25) is 21.8 Å². The molecule has 34 heavy (non-hydrogen) atoms. The molecule has 0 spiro atoms. The molecular formula is C24H30N4O5S. The molecule has 0 radical (unpaired) electrons. The number of nitrogens with one attached hydrogen (secondary N) is 1. The van der Waals surface area contributed by atoms with E-state index in [1.807, 2.05) is 4.90 Å². The molecule has 1 atom stereocenters. The van der Waals surface area contributed by atoms with Crippen LogP contribution in [0.1, 0.15) is 26.7 Å². The van der Waals surface area contributed by atoms with Gasteiger partial charge >= 0.3 is 0 Å². The second-order valence-electron chi connectivity index (χ2n) is 8.29. The Morgan fingerprint density at radius 2 is 1.82 bits per heavy atom. The molecule has 182 valence electrons. The number of carbonyl (C=O) groups is 2. The van der Waals surface area contributed by atoms with E-state index in [0.717, 1.165) is 18.7 Å². The lowest BCUT2D eigenvalue weighted by Gasteiger charge is -2.39. The van der Waals surface area contributed by atoms with Gasteiger partial charge in [0.15, 0.2) is 0 Å². The molecule has 4 rings (SSSR count). The zero-order valence-corrected chi connectivity index (χ0v) is 20.5. The van der Waals surface area contributed by atoms with Gasteiger partial charge in [-0.1, -0.05) is 13.8 Å². The predicted octanol–water partition coefficient (Wildman–Crippen LogP) is 2.68. The summed E-state index contributed by atoms with van der Waals surface area (Å²) in [6, 6.07) is 11.4. The highest BCUT2D eigenvalue weighted by Gasteiger charge is 2.42. The minimum absolute atomic E-state index is 0.112. The molecule has 10 heteroatoms. The third-order valence-electron chi connectivity index (χ3n) is 6.37. The van der Waals surface area contributed by atoms with Crippen molar-refractivity contribution in [1.29, 1.82) is 0 Å². The summed E-state index contributed by atoms with van der Waals surface area (Å²) in [5.74, 6) is 0.113. The summed E-state index contributed by atoms with van der Waals surface area (Å²) in [6.45, 7) is 4.77. The third kappa shape index (κ3) is 4.35. The number of hydrogen-bond acceptors (Lipinski definition) is 6. The molecule has 2 aromatic rings. The molecule has 2 amide bonds. The number of nitrogens with zero attached hydrogens (tertiary/aromatic N) is 3. The van der Waals surface area contributed by atoms with Crippen molar-refractivity contribution in [3.05, 3.63) is 42.5 Å². The van der Waals surface area contributed by atoms with E-state index < -0.39 is 10.0 Å². The standard InChI is InChI=1S/C24H30N4O5S/c1-4-26(5-2)34(31,32)19-12-13-20-22(15-19)28(24(30)21-7-6-14-27(20)21)16-23(29)25-17-8-10-18(33-3)11-9-17/h8-13,15,21H,4-7,14,16H2,1-3H3,(H,25,29). The molecule has 1 N–H and O–H groups in total. The van der Waals surface area contributed by atoms with Gasteiger partial charge in [-0.2, -0.15) is 4.31 Å². The zero-order valence-electron chi connectivity index (χ0n) is 19.7. The number of hydrogen-bond donors (Lipinski definition) is 1. The molecule has 9 nitrogen and oxygen atoms in total. The number of rotatable bonds is 8. The number of carbonyl (C=O) groups excluding carboxylic acids is 2. The van der Waals surface area contributed by atoms with Crippen LogP contribution < -0.4 is 19.9 Å². The lowest BCUT2D eigenvalue weighted by atomic mass is 10.1. The topological polar surface area (TPSA) is 99.3 Å². The Bertz CT molecular complexity index is 1180. The summed E-state index contributed by atoms with van der Waals surface area (Å²) in [7, 11) is -2.15. The van der Waals surface area contributed by atoms with Crippen molar-refractivity contribution in [3.8, 4) is 5.75 Å². The van der Waals surface area contributed by atoms with Gasteiger partial charge in [0.25, 0.3) is 0 Å². The molecule has 0 saturated carbocycles. The fourth-order valence-corrected chi connectivity index (χ4v) is 6.11. The van der Waals surface area contributed by atoms with Crippen molar-refractivity contribution < 1.29 is 22.7 Å². The van der Waals surface area contributed by atoms with Gasteiger partial charge in [0.1, 0.15) is 18.3 Å². The van der Waals surface area contributed by atoms with Gasteiger partial charge < -0.3 is 15.0 Å². The summed E-state index contributed by atoms with van der Waals surface area (Å²) < 4.78 is 32.8. The number of amides is 2. The highest BCUT2D eigenvalue weighted by atomic mass is 32.2. The Labute approximate surface area is 200 Å². The van der Waals surface area contributed by atoms with Crippen LogP contribution in [0.25, 0.3) is 0 Å². The predicted molar refractivity (Wildman–Crippen MR) is 131 cm³/mol. The first kappa shape index (κ1) is 24.0. The average molecular weight is 487 g/mol. The van der Waals surface area contributed by atoms with E-state index in [1.165, 1.54) is 15.3 Å². The Hall–Kier alpha value is -3.11. The van der Waals surface area contributed by atoms with Crippen molar-refractivity contribution in [3.63, 3.8) is 0 Å². The minimum atomic E-state index is -3.72. The van der Waals surface area contributed by atoms with Crippen LogP contribution >= 0.6 is 0 Å². The SMILES string of the molecule is CCN(CC)S(=O)(=O)c1ccc2c(c1)N(CC(=O)Nc1ccc(OC)cc1)C(=O)C1CCCN21. The molecule has 2 aliphatic heterocycles. The maximum atomic E-state index is 13.4. The highest BCUT2D eigenvalue weighted by Crippen LogP contribution is 2.41. The van der Waals surface area contributed by atoms with E-state index in [4.69, 9.17) is 4.74 Å². The second kappa shape index (κ2) is 9.63. The second-order valence-corrected chi connectivity index (χ2v) is 10.2. The monoisotopic (exact) mass is 486 g/mol. The Kier molecular flexibility index (Phi) is 6.81. The maximum absolute atomic E-state index is 13.4. The van der Waals surface area contributed by atoms with Crippen LogP contribution in [-0.2, 0) is 19.6 Å². The molecule has 2 aliphatic rings. The summed E-state index contributed by atoms with van der Waals surface area (Å²) in [6.07, 6.45) is 1.57. The number of sulfonamides is 1. The van der Waals surface area contributed by atoms with Crippen LogP contribution in [0.2, 0.25) is 0 Å². The van der Waals surface area contributed by atoms with Crippen LogP contribution in [0.15, 0.2) is 47.4 Å². The van der Waals surface area contributed by atoms with Crippen molar-refractivity contribution in [2.24, 2.45) is 0 Å². The Morgan fingerprint density at radius 1 is 1.12 bits per heavy atom. The van der Waals surface area contributed by atoms with E-state index in [2.05, 4.69) is 5.32 Å². The average Bonchev–Trinajstić information content (AvgIpc) is 3.33. The molecule has 2 aromatic carbocycles. The summed E-state index contributed by atoms with van der Waals surface area (Å²) in [4.78, 5) is 29.8. The van der Waals surface area contributed by atoms with Gasteiger partial charge in [0, 0.05) is 25.3 Å². The Balaban J connectivity index is 1.66.